The van der Waals surface area contributed by atoms with Gasteiger partial charge in [-0.3, -0.25) is 9.69 Å². The molecule has 0 bridgehead atoms. The minimum absolute atomic E-state index is 0.157. The lowest BCUT2D eigenvalue weighted by atomic mass is 10.0. The van der Waals surface area contributed by atoms with Crippen molar-refractivity contribution in [1.29, 1.82) is 0 Å². The maximum absolute atomic E-state index is 13.3. The smallest absolute Gasteiger partial charge is 0.251 e. The monoisotopic (exact) mass is 382 g/mol. The molecule has 27 heavy (non-hydrogen) atoms. The predicted octanol–water partition coefficient (Wildman–Crippen LogP) is 0.156. The molecule has 0 spiro atoms. The van der Waals surface area contributed by atoms with Gasteiger partial charge in [0.15, 0.2) is 0 Å². The highest BCUT2D eigenvalue weighted by Gasteiger charge is 2.48. The van der Waals surface area contributed by atoms with Crippen molar-refractivity contribution < 1.29 is 28.9 Å². The van der Waals surface area contributed by atoms with Crippen molar-refractivity contribution in [2.75, 3.05) is 33.4 Å². The number of methoxy groups -OCH3 is 1. The molecule has 1 aromatic rings. The van der Waals surface area contributed by atoms with Crippen molar-refractivity contribution in [2.24, 2.45) is 0 Å². The van der Waals surface area contributed by atoms with Crippen molar-refractivity contribution in [3.8, 4) is 0 Å². The largest absolute Gasteiger partial charge is 0.394 e. The fraction of sp³-hybridized carbons (Fsp3) is 0.632. The number of aliphatic hydroxyl groups is 2. The first-order chi connectivity index (χ1) is 13.0. The van der Waals surface area contributed by atoms with E-state index in [-0.39, 0.29) is 30.8 Å². The molecule has 2 aliphatic heterocycles. The van der Waals surface area contributed by atoms with E-state index in [1.165, 1.54) is 24.3 Å². The quantitative estimate of drug-likeness (QED) is 0.622. The first kappa shape index (κ1) is 20.2. The lowest BCUT2D eigenvalue weighted by molar-refractivity contribution is -0.0209. The fourth-order valence-electron chi connectivity index (χ4n) is 4.10. The lowest BCUT2D eigenvalue weighted by Gasteiger charge is -2.34. The normalized spacial score (nSPS) is 31.3. The SMILES string of the molecule is COCC1CCCN1C1C(CNC(=O)c2cccc(F)c2)OC(CO)C1O. The van der Waals surface area contributed by atoms with Gasteiger partial charge in [0, 0.05) is 25.3 Å². The second-order valence-corrected chi connectivity index (χ2v) is 7.09. The minimum Gasteiger partial charge on any atom is -0.394 e. The maximum Gasteiger partial charge on any atom is 0.251 e. The van der Waals surface area contributed by atoms with Crippen molar-refractivity contribution in [1.82, 2.24) is 10.2 Å². The van der Waals surface area contributed by atoms with Crippen molar-refractivity contribution in [3.63, 3.8) is 0 Å². The van der Waals surface area contributed by atoms with E-state index < -0.39 is 30.0 Å². The Balaban J connectivity index is 1.69. The molecule has 2 fully saturated rings. The molecule has 5 unspecified atom stereocenters. The highest BCUT2D eigenvalue weighted by atomic mass is 19.1. The summed E-state index contributed by atoms with van der Waals surface area (Å²) in [6.45, 7) is 1.21. The zero-order chi connectivity index (χ0) is 19.4. The fourth-order valence-corrected chi connectivity index (χ4v) is 4.10. The first-order valence-electron chi connectivity index (χ1n) is 9.28. The summed E-state index contributed by atoms with van der Waals surface area (Å²) >= 11 is 0. The van der Waals surface area contributed by atoms with E-state index in [4.69, 9.17) is 9.47 Å². The van der Waals surface area contributed by atoms with Gasteiger partial charge in [0.05, 0.1) is 25.4 Å². The highest BCUT2D eigenvalue weighted by Crippen LogP contribution is 2.31. The summed E-state index contributed by atoms with van der Waals surface area (Å²) in [6.07, 6.45) is -0.0855. The number of likely N-dealkylation sites (tertiary alicyclic amines) is 1. The minimum atomic E-state index is -0.858. The molecule has 0 radical (unpaired) electrons. The van der Waals surface area contributed by atoms with Crippen LogP contribution in [0.15, 0.2) is 24.3 Å². The molecule has 1 amide bonds. The van der Waals surface area contributed by atoms with Crippen molar-refractivity contribution >= 4 is 5.91 Å². The molecule has 3 rings (SSSR count). The molecule has 5 atom stereocenters. The summed E-state index contributed by atoms with van der Waals surface area (Å²) < 4.78 is 24.4. The van der Waals surface area contributed by atoms with Gasteiger partial charge < -0.3 is 25.0 Å². The number of aliphatic hydroxyl groups excluding tert-OH is 2. The Bertz CT molecular complexity index is 646. The Morgan fingerprint density at radius 2 is 2.26 bits per heavy atom. The average molecular weight is 382 g/mol. The van der Waals surface area contributed by atoms with E-state index in [1.54, 1.807) is 7.11 Å². The van der Waals surface area contributed by atoms with E-state index in [0.717, 1.165) is 19.4 Å². The number of carbonyl (C=O) groups excluding carboxylic acids is 1. The molecule has 1 aromatic carbocycles. The molecule has 150 valence electrons. The van der Waals surface area contributed by atoms with Gasteiger partial charge in [0.2, 0.25) is 0 Å². The first-order valence-corrected chi connectivity index (χ1v) is 9.28. The molecule has 0 aromatic heterocycles. The van der Waals surface area contributed by atoms with Gasteiger partial charge in [-0.15, -0.1) is 0 Å². The average Bonchev–Trinajstić information content (AvgIpc) is 3.23. The second-order valence-electron chi connectivity index (χ2n) is 7.09. The number of nitrogens with one attached hydrogen (secondary N) is 1. The topological polar surface area (TPSA) is 91.3 Å². The summed E-state index contributed by atoms with van der Waals surface area (Å²) in [4.78, 5) is 14.5. The number of hydrogen-bond acceptors (Lipinski definition) is 6. The lowest BCUT2D eigenvalue weighted by Crippen LogP contribution is -2.53. The van der Waals surface area contributed by atoms with Gasteiger partial charge in [0.1, 0.15) is 18.0 Å². The van der Waals surface area contributed by atoms with Gasteiger partial charge in [-0.2, -0.15) is 0 Å². The van der Waals surface area contributed by atoms with E-state index in [0.29, 0.717) is 6.61 Å². The van der Waals surface area contributed by atoms with Crippen LogP contribution < -0.4 is 5.32 Å². The van der Waals surface area contributed by atoms with E-state index in [2.05, 4.69) is 10.2 Å². The summed E-state index contributed by atoms with van der Waals surface area (Å²) in [5.74, 6) is -0.887. The Morgan fingerprint density at radius 3 is 2.96 bits per heavy atom. The van der Waals surface area contributed by atoms with Crippen molar-refractivity contribution in [2.45, 2.75) is 43.2 Å². The van der Waals surface area contributed by atoms with Crippen LogP contribution in [0.1, 0.15) is 23.2 Å². The van der Waals surface area contributed by atoms with Crippen molar-refractivity contribution in [3.05, 3.63) is 35.6 Å². The van der Waals surface area contributed by atoms with Crippen LogP contribution in [0, 0.1) is 5.82 Å². The molecular formula is C19H27FN2O5. The Kier molecular flexibility index (Phi) is 6.78. The van der Waals surface area contributed by atoms with E-state index in [9.17, 15) is 19.4 Å². The summed E-state index contributed by atoms with van der Waals surface area (Å²) in [5, 5.41) is 22.9. The number of carbonyl (C=O) groups is 1. The summed E-state index contributed by atoms with van der Waals surface area (Å²) in [7, 11) is 1.64. The van der Waals surface area contributed by atoms with Crippen LogP contribution >= 0.6 is 0 Å². The molecule has 2 heterocycles. The Morgan fingerprint density at radius 1 is 1.44 bits per heavy atom. The van der Waals surface area contributed by atoms with Gasteiger partial charge in [0.25, 0.3) is 5.91 Å². The molecular weight excluding hydrogens is 355 g/mol. The maximum atomic E-state index is 13.3. The van der Waals surface area contributed by atoms with Crippen LogP contribution in [0.25, 0.3) is 0 Å². The molecule has 3 N–H and O–H groups in total. The second kappa shape index (κ2) is 9.07. The third kappa shape index (κ3) is 4.47. The Hall–Kier alpha value is -1.58. The van der Waals surface area contributed by atoms with Gasteiger partial charge in [-0.05, 0) is 37.6 Å². The zero-order valence-corrected chi connectivity index (χ0v) is 15.4. The highest BCUT2D eigenvalue weighted by molar-refractivity contribution is 5.94. The van der Waals surface area contributed by atoms with Crippen LogP contribution in [-0.4, -0.2) is 84.8 Å². The number of amides is 1. The summed E-state index contributed by atoms with van der Waals surface area (Å²) in [5.41, 5.74) is 0.224. The predicted molar refractivity (Wildman–Crippen MR) is 95.9 cm³/mol. The molecule has 2 saturated heterocycles. The van der Waals surface area contributed by atoms with Crippen LogP contribution in [0.5, 0.6) is 0 Å². The van der Waals surface area contributed by atoms with Crippen LogP contribution in [0.4, 0.5) is 4.39 Å². The summed E-state index contributed by atoms with van der Waals surface area (Å²) in [6, 6.07) is 5.27. The number of halogens is 1. The third-order valence-electron chi connectivity index (χ3n) is 5.36. The number of rotatable bonds is 7. The zero-order valence-electron chi connectivity index (χ0n) is 15.4. The number of nitrogens with zero attached hydrogens (tertiary/aromatic N) is 1. The van der Waals surface area contributed by atoms with E-state index >= 15 is 0 Å². The molecule has 2 aliphatic rings. The third-order valence-corrected chi connectivity index (χ3v) is 5.36. The number of hydrogen-bond donors (Lipinski definition) is 3. The van der Waals surface area contributed by atoms with Crippen LogP contribution in [-0.2, 0) is 9.47 Å². The van der Waals surface area contributed by atoms with Crippen LogP contribution in [0.2, 0.25) is 0 Å². The van der Waals surface area contributed by atoms with Gasteiger partial charge >= 0.3 is 0 Å². The molecule has 0 aliphatic carbocycles. The molecule has 8 heteroatoms. The standard InChI is InChI=1S/C19H27FN2O5/c1-26-11-14-6-3-7-22(14)17-15(27-16(10-23)18(17)24)9-21-19(25)12-4-2-5-13(20)8-12/h2,4-5,8,14-18,23-24H,3,6-7,9-11H2,1H3,(H,21,25). The van der Waals surface area contributed by atoms with E-state index in [1.807, 2.05) is 0 Å². The van der Waals surface area contributed by atoms with Gasteiger partial charge in [-0.1, -0.05) is 6.07 Å². The van der Waals surface area contributed by atoms with Gasteiger partial charge in [-0.25, -0.2) is 4.39 Å². The van der Waals surface area contributed by atoms with Crippen LogP contribution in [0.3, 0.4) is 0 Å². The molecule has 0 saturated carbocycles. The number of ether oxygens (including phenoxy) is 2. The Labute approximate surface area is 158 Å². The number of benzene rings is 1. The molecule has 7 nitrogen and oxygen atoms in total.